The van der Waals surface area contributed by atoms with E-state index in [4.69, 9.17) is 21.4 Å². The average molecular weight is 213 g/mol. The molecule has 1 N–H and O–H groups in total. The first-order valence-electron chi connectivity index (χ1n) is 3.92. The van der Waals surface area contributed by atoms with Gasteiger partial charge in [0, 0.05) is 0 Å². The van der Waals surface area contributed by atoms with Gasteiger partial charge in [0.2, 0.25) is 0 Å². The molecule has 0 spiro atoms. The van der Waals surface area contributed by atoms with E-state index in [1.807, 2.05) is 13.0 Å². The Balaban J connectivity index is 2.76. The molecule has 74 valence electrons. The molecular weight excluding hydrogens is 204 g/mol. The first-order chi connectivity index (χ1) is 6.59. The molecule has 0 saturated carbocycles. The summed E-state index contributed by atoms with van der Waals surface area (Å²) in [7, 11) is 0. The zero-order valence-electron chi connectivity index (χ0n) is 7.53. The number of benzene rings is 1. The van der Waals surface area contributed by atoms with Gasteiger partial charge in [0.05, 0.1) is 17.4 Å². The first kappa shape index (κ1) is 10.6. The standard InChI is InChI=1S/C10H9ClO3/c1-7-2-3-8(11)9(6-7)14-5-4-10(12)13/h2-6H,1H3,(H,12,13)/b5-4+. The maximum absolute atomic E-state index is 10.1. The molecule has 0 unspecified atom stereocenters. The number of rotatable bonds is 3. The van der Waals surface area contributed by atoms with Crippen LogP contribution in [0.5, 0.6) is 5.75 Å². The minimum atomic E-state index is -1.06. The van der Waals surface area contributed by atoms with E-state index < -0.39 is 5.97 Å². The number of ether oxygens (including phenoxy) is 1. The zero-order valence-corrected chi connectivity index (χ0v) is 8.28. The highest BCUT2D eigenvalue weighted by molar-refractivity contribution is 6.32. The van der Waals surface area contributed by atoms with E-state index in [9.17, 15) is 4.79 Å². The molecule has 0 saturated heterocycles. The fraction of sp³-hybridized carbons (Fsp3) is 0.100. The molecule has 0 aliphatic heterocycles. The third-order valence-corrected chi connectivity index (χ3v) is 1.80. The summed E-state index contributed by atoms with van der Waals surface area (Å²) in [6.07, 6.45) is 1.99. The van der Waals surface area contributed by atoms with Gasteiger partial charge in [0.25, 0.3) is 0 Å². The highest BCUT2D eigenvalue weighted by Gasteiger charge is 1.99. The molecule has 4 heteroatoms. The first-order valence-corrected chi connectivity index (χ1v) is 4.29. The van der Waals surface area contributed by atoms with Crippen molar-refractivity contribution in [1.82, 2.24) is 0 Å². The maximum Gasteiger partial charge on any atom is 0.331 e. The Hall–Kier alpha value is -1.48. The van der Waals surface area contributed by atoms with Crippen LogP contribution in [-0.2, 0) is 4.79 Å². The monoisotopic (exact) mass is 212 g/mol. The Morgan fingerprint density at radius 2 is 2.29 bits per heavy atom. The number of aryl methyl sites for hydroxylation is 1. The quantitative estimate of drug-likeness (QED) is 0.619. The lowest BCUT2D eigenvalue weighted by Gasteiger charge is -2.03. The molecule has 0 heterocycles. The molecule has 14 heavy (non-hydrogen) atoms. The number of carboxylic acid groups (broad SMARTS) is 1. The molecule has 1 aromatic carbocycles. The van der Waals surface area contributed by atoms with Gasteiger partial charge >= 0.3 is 5.97 Å². The third-order valence-electron chi connectivity index (χ3n) is 1.49. The van der Waals surface area contributed by atoms with Gasteiger partial charge in [-0.2, -0.15) is 0 Å². The largest absolute Gasteiger partial charge is 0.478 e. The van der Waals surface area contributed by atoms with Gasteiger partial charge < -0.3 is 9.84 Å². The molecule has 3 nitrogen and oxygen atoms in total. The zero-order chi connectivity index (χ0) is 10.6. The number of halogens is 1. The van der Waals surface area contributed by atoms with E-state index in [0.717, 1.165) is 17.9 Å². The second kappa shape index (κ2) is 4.67. The summed E-state index contributed by atoms with van der Waals surface area (Å²) in [5, 5.41) is 8.77. The van der Waals surface area contributed by atoms with Crippen LogP contribution >= 0.6 is 11.6 Å². The van der Waals surface area contributed by atoms with Crippen molar-refractivity contribution >= 4 is 17.6 Å². The van der Waals surface area contributed by atoms with Crippen molar-refractivity contribution in [2.45, 2.75) is 6.92 Å². The van der Waals surface area contributed by atoms with Crippen molar-refractivity contribution < 1.29 is 14.6 Å². The van der Waals surface area contributed by atoms with Crippen LogP contribution in [0.15, 0.2) is 30.5 Å². The molecule has 0 aliphatic rings. The SMILES string of the molecule is Cc1ccc(Cl)c(O/C=C/C(=O)O)c1. The predicted molar refractivity (Wildman–Crippen MR) is 53.6 cm³/mol. The van der Waals surface area contributed by atoms with E-state index >= 15 is 0 Å². The second-order valence-corrected chi connectivity index (χ2v) is 3.10. The molecule has 0 aromatic heterocycles. The van der Waals surface area contributed by atoms with Crippen LogP contribution in [0, 0.1) is 6.92 Å². The molecule has 1 aromatic rings. The van der Waals surface area contributed by atoms with Gasteiger partial charge in [0.15, 0.2) is 0 Å². The van der Waals surface area contributed by atoms with Crippen molar-refractivity contribution in [1.29, 1.82) is 0 Å². The van der Waals surface area contributed by atoms with Crippen LogP contribution in [0.2, 0.25) is 5.02 Å². The van der Waals surface area contributed by atoms with Gasteiger partial charge in [-0.15, -0.1) is 0 Å². The predicted octanol–water partition coefficient (Wildman–Crippen LogP) is 2.63. The van der Waals surface area contributed by atoms with Crippen LogP contribution in [-0.4, -0.2) is 11.1 Å². The molecule has 0 bridgehead atoms. The molecule has 0 radical (unpaired) electrons. The van der Waals surface area contributed by atoms with E-state index in [2.05, 4.69) is 0 Å². The normalized spacial score (nSPS) is 10.4. The minimum Gasteiger partial charge on any atom is -0.478 e. The average Bonchev–Trinajstić information content (AvgIpc) is 2.10. The van der Waals surface area contributed by atoms with Crippen LogP contribution < -0.4 is 4.74 Å². The number of hydrogen-bond donors (Lipinski definition) is 1. The summed E-state index contributed by atoms with van der Waals surface area (Å²) < 4.78 is 5.04. The molecule has 1 rings (SSSR count). The van der Waals surface area contributed by atoms with E-state index in [1.165, 1.54) is 0 Å². The van der Waals surface area contributed by atoms with Crippen LogP contribution in [0.4, 0.5) is 0 Å². The highest BCUT2D eigenvalue weighted by Crippen LogP contribution is 2.25. The van der Waals surface area contributed by atoms with E-state index in [0.29, 0.717) is 10.8 Å². The van der Waals surface area contributed by atoms with Crippen molar-refractivity contribution in [3.05, 3.63) is 41.1 Å². The number of aliphatic carboxylic acids is 1. The summed E-state index contributed by atoms with van der Waals surface area (Å²) in [4.78, 5) is 10.1. The van der Waals surface area contributed by atoms with E-state index in [1.54, 1.807) is 12.1 Å². The topological polar surface area (TPSA) is 46.5 Å². The lowest BCUT2D eigenvalue weighted by Crippen LogP contribution is -1.90. The summed E-state index contributed by atoms with van der Waals surface area (Å²) in [5.41, 5.74) is 0.994. The Morgan fingerprint density at radius 1 is 1.57 bits per heavy atom. The third kappa shape index (κ3) is 3.11. The van der Waals surface area contributed by atoms with Gasteiger partial charge in [0.1, 0.15) is 5.75 Å². The lowest BCUT2D eigenvalue weighted by atomic mass is 10.2. The Bertz CT molecular complexity index is 372. The molecule has 0 aliphatic carbocycles. The molecular formula is C10H9ClO3. The van der Waals surface area contributed by atoms with Gasteiger partial charge in [-0.1, -0.05) is 17.7 Å². The van der Waals surface area contributed by atoms with E-state index in [-0.39, 0.29) is 0 Å². The number of carboxylic acids is 1. The van der Waals surface area contributed by atoms with Gasteiger partial charge in [-0.25, -0.2) is 4.79 Å². The smallest absolute Gasteiger partial charge is 0.331 e. The van der Waals surface area contributed by atoms with Crippen molar-refractivity contribution in [2.24, 2.45) is 0 Å². The second-order valence-electron chi connectivity index (χ2n) is 2.69. The fourth-order valence-corrected chi connectivity index (χ4v) is 1.03. The Kier molecular flexibility index (Phi) is 3.54. The minimum absolute atomic E-state index is 0.448. The van der Waals surface area contributed by atoms with Gasteiger partial charge in [-0.05, 0) is 24.6 Å². The number of carbonyl (C=O) groups is 1. The Morgan fingerprint density at radius 3 is 2.93 bits per heavy atom. The summed E-state index contributed by atoms with van der Waals surface area (Å²) >= 11 is 5.81. The highest BCUT2D eigenvalue weighted by atomic mass is 35.5. The maximum atomic E-state index is 10.1. The van der Waals surface area contributed by atoms with Crippen molar-refractivity contribution in [2.75, 3.05) is 0 Å². The van der Waals surface area contributed by atoms with Crippen LogP contribution in [0.25, 0.3) is 0 Å². The molecule has 0 atom stereocenters. The fourth-order valence-electron chi connectivity index (χ4n) is 0.866. The number of hydrogen-bond acceptors (Lipinski definition) is 2. The van der Waals surface area contributed by atoms with Gasteiger partial charge in [-0.3, -0.25) is 0 Å². The molecule has 0 fully saturated rings. The summed E-state index contributed by atoms with van der Waals surface area (Å²) in [5.74, 6) is -0.613. The van der Waals surface area contributed by atoms with Crippen LogP contribution in [0.3, 0.4) is 0 Å². The van der Waals surface area contributed by atoms with Crippen LogP contribution in [0.1, 0.15) is 5.56 Å². The lowest BCUT2D eigenvalue weighted by molar-refractivity contribution is -0.131. The Labute approximate surface area is 86.6 Å². The summed E-state index contributed by atoms with van der Waals surface area (Å²) in [6, 6.07) is 5.27. The summed E-state index contributed by atoms with van der Waals surface area (Å²) in [6.45, 7) is 1.89. The van der Waals surface area contributed by atoms with Crippen molar-refractivity contribution in [3.63, 3.8) is 0 Å². The van der Waals surface area contributed by atoms with Crippen molar-refractivity contribution in [3.8, 4) is 5.75 Å². The molecule has 0 amide bonds.